The van der Waals surface area contributed by atoms with Gasteiger partial charge in [-0.05, 0) is 43.7 Å². The molecule has 1 unspecified atom stereocenters. The second kappa shape index (κ2) is 9.57. The van der Waals surface area contributed by atoms with Crippen molar-refractivity contribution in [2.24, 2.45) is 0 Å². The predicted molar refractivity (Wildman–Crippen MR) is 92.7 cm³/mol. The monoisotopic (exact) mass is 348 g/mol. The number of rotatable bonds is 6. The van der Waals surface area contributed by atoms with Crippen molar-refractivity contribution in [3.05, 3.63) is 29.3 Å². The molecule has 1 aromatic carbocycles. The molecule has 0 aliphatic carbocycles. The van der Waals surface area contributed by atoms with Gasteiger partial charge in [0.2, 0.25) is 5.91 Å². The molecule has 0 radical (unpaired) electrons. The van der Waals surface area contributed by atoms with E-state index >= 15 is 0 Å². The highest BCUT2D eigenvalue weighted by Gasteiger charge is 2.25. The molecule has 0 bridgehead atoms. The maximum Gasteiger partial charge on any atom is 0.233 e. The number of nitrogens with one attached hydrogen (secondary N) is 1. The molecule has 1 saturated heterocycles. The molecule has 2 rings (SSSR count). The van der Waals surface area contributed by atoms with Crippen molar-refractivity contribution in [1.29, 1.82) is 0 Å². The van der Waals surface area contributed by atoms with E-state index in [-0.39, 0.29) is 18.3 Å². The summed E-state index contributed by atoms with van der Waals surface area (Å²) in [4.78, 5) is 15.5. The molecule has 1 heterocycles. The number of carbonyl (C=O) groups excluding carboxylic acids is 1. The van der Waals surface area contributed by atoms with Crippen LogP contribution in [0.2, 0.25) is 5.02 Å². The van der Waals surface area contributed by atoms with Crippen LogP contribution in [0.5, 0.6) is 0 Å². The zero-order valence-corrected chi connectivity index (χ0v) is 14.6. The minimum atomic E-state index is 0. The summed E-state index contributed by atoms with van der Waals surface area (Å²) < 4.78 is 0. The van der Waals surface area contributed by atoms with Gasteiger partial charge in [0.25, 0.3) is 0 Å². The second-order valence-electron chi connectivity index (χ2n) is 4.98. The Balaban J connectivity index is 0.00000220. The summed E-state index contributed by atoms with van der Waals surface area (Å²) in [6.07, 6.45) is 2.07. The van der Waals surface area contributed by atoms with Gasteiger partial charge in [-0.25, -0.2) is 0 Å². The summed E-state index contributed by atoms with van der Waals surface area (Å²) in [7, 11) is 0. The molecule has 118 valence electrons. The molecular weight excluding hydrogens is 327 g/mol. The van der Waals surface area contributed by atoms with Crippen molar-refractivity contribution in [1.82, 2.24) is 10.2 Å². The van der Waals surface area contributed by atoms with Crippen molar-refractivity contribution in [3.8, 4) is 0 Å². The SMILES string of the molecule is CCCN(C(=O)CSc1ccc(Cl)cc1)C1CCNC1.Cl. The lowest BCUT2D eigenvalue weighted by molar-refractivity contribution is -0.130. The Morgan fingerprint density at radius 2 is 2.14 bits per heavy atom. The van der Waals surface area contributed by atoms with Crippen molar-refractivity contribution < 1.29 is 4.79 Å². The summed E-state index contributed by atoms with van der Waals surface area (Å²) in [5.74, 6) is 0.735. The van der Waals surface area contributed by atoms with Crippen LogP contribution < -0.4 is 5.32 Å². The fourth-order valence-corrected chi connectivity index (χ4v) is 3.33. The minimum absolute atomic E-state index is 0. The Morgan fingerprint density at radius 1 is 1.43 bits per heavy atom. The summed E-state index contributed by atoms with van der Waals surface area (Å²) >= 11 is 7.44. The van der Waals surface area contributed by atoms with Gasteiger partial charge in [0, 0.05) is 29.0 Å². The van der Waals surface area contributed by atoms with E-state index in [1.54, 1.807) is 11.8 Å². The number of nitrogens with zero attached hydrogens (tertiary/aromatic N) is 1. The van der Waals surface area contributed by atoms with Gasteiger partial charge in [0.05, 0.1) is 5.75 Å². The zero-order chi connectivity index (χ0) is 14.4. The minimum Gasteiger partial charge on any atom is -0.338 e. The molecule has 1 aliphatic heterocycles. The maximum absolute atomic E-state index is 12.4. The predicted octanol–water partition coefficient (Wildman–Crippen LogP) is 3.45. The molecule has 21 heavy (non-hydrogen) atoms. The Hall–Kier alpha value is -0.420. The van der Waals surface area contributed by atoms with Crippen LogP contribution in [0, 0.1) is 0 Å². The number of hydrogen-bond donors (Lipinski definition) is 1. The lowest BCUT2D eigenvalue weighted by Gasteiger charge is -2.28. The van der Waals surface area contributed by atoms with Crippen molar-refractivity contribution in [2.45, 2.75) is 30.7 Å². The van der Waals surface area contributed by atoms with Gasteiger partial charge in [-0.1, -0.05) is 18.5 Å². The quantitative estimate of drug-likeness (QED) is 0.799. The highest BCUT2D eigenvalue weighted by molar-refractivity contribution is 8.00. The standard InChI is InChI=1S/C15H21ClN2OS.ClH/c1-2-9-18(13-7-8-17-10-13)15(19)11-20-14-5-3-12(16)4-6-14;/h3-6,13,17H,2,7-11H2,1H3;1H. The molecule has 1 atom stereocenters. The molecular formula is C15H22Cl2N2OS. The second-order valence-corrected chi connectivity index (χ2v) is 6.46. The fraction of sp³-hybridized carbons (Fsp3) is 0.533. The molecule has 6 heteroatoms. The van der Waals surface area contributed by atoms with E-state index in [0.29, 0.717) is 11.8 Å². The molecule has 1 aromatic rings. The van der Waals surface area contributed by atoms with E-state index in [0.717, 1.165) is 42.4 Å². The lowest BCUT2D eigenvalue weighted by Crippen LogP contribution is -2.43. The Morgan fingerprint density at radius 3 is 2.71 bits per heavy atom. The highest BCUT2D eigenvalue weighted by Crippen LogP contribution is 2.21. The number of halogens is 2. The van der Waals surface area contributed by atoms with Crippen molar-refractivity contribution >= 4 is 41.7 Å². The third kappa shape index (κ3) is 5.70. The van der Waals surface area contributed by atoms with E-state index in [2.05, 4.69) is 12.2 Å². The largest absolute Gasteiger partial charge is 0.338 e. The average Bonchev–Trinajstić information content (AvgIpc) is 2.97. The Bertz CT molecular complexity index is 436. The molecule has 1 N–H and O–H groups in total. The van der Waals surface area contributed by atoms with Gasteiger partial charge >= 0.3 is 0 Å². The highest BCUT2D eigenvalue weighted by atomic mass is 35.5. The Kier molecular flexibility index (Phi) is 8.49. The smallest absolute Gasteiger partial charge is 0.233 e. The van der Waals surface area contributed by atoms with Crippen LogP contribution in [0.1, 0.15) is 19.8 Å². The first-order valence-electron chi connectivity index (χ1n) is 7.09. The molecule has 0 saturated carbocycles. The van der Waals surface area contributed by atoms with Gasteiger partial charge in [-0.3, -0.25) is 4.79 Å². The number of amides is 1. The van der Waals surface area contributed by atoms with Crippen LogP contribution in [0.15, 0.2) is 29.2 Å². The van der Waals surface area contributed by atoms with Gasteiger partial charge in [0.15, 0.2) is 0 Å². The third-order valence-corrected chi connectivity index (χ3v) is 4.68. The number of thioether (sulfide) groups is 1. The average molecular weight is 349 g/mol. The van der Waals surface area contributed by atoms with Crippen LogP contribution in [-0.4, -0.2) is 42.2 Å². The van der Waals surface area contributed by atoms with Gasteiger partial charge < -0.3 is 10.2 Å². The first-order chi connectivity index (χ1) is 9.70. The molecule has 1 amide bonds. The van der Waals surface area contributed by atoms with Crippen LogP contribution in [0.4, 0.5) is 0 Å². The topological polar surface area (TPSA) is 32.3 Å². The molecule has 3 nitrogen and oxygen atoms in total. The van der Waals surface area contributed by atoms with E-state index in [9.17, 15) is 4.79 Å². The van der Waals surface area contributed by atoms with E-state index in [4.69, 9.17) is 11.6 Å². The summed E-state index contributed by atoms with van der Waals surface area (Å²) in [5, 5.41) is 4.06. The first kappa shape index (κ1) is 18.6. The van der Waals surface area contributed by atoms with Crippen LogP contribution in [0.25, 0.3) is 0 Å². The summed E-state index contributed by atoms with van der Waals surface area (Å²) in [6, 6.07) is 8.01. The van der Waals surface area contributed by atoms with Crippen molar-refractivity contribution in [3.63, 3.8) is 0 Å². The fourth-order valence-electron chi connectivity index (χ4n) is 2.42. The first-order valence-corrected chi connectivity index (χ1v) is 8.45. The van der Waals surface area contributed by atoms with Gasteiger partial charge in [0.1, 0.15) is 0 Å². The normalized spacial score (nSPS) is 17.3. The number of benzene rings is 1. The number of carbonyl (C=O) groups is 1. The van der Waals surface area contributed by atoms with E-state index < -0.39 is 0 Å². The van der Waals surface area contributed by atoms with Crippen LogP contribution in [-0.2, 0) is 4.79 Å². The Labute approximate surface area is 142 Å². The molecule has 0 spiro atoms. The van der Waals surface area contributed by atoms with Crippen LogP contribution >= 0.6 is 35.8 Å². The maximum atomic E-state index is 12.4. The lowest BCUT2D eigenvalue weighted by atomic mass is 10.2. The van der Waals surface area contributed by atoms with Crippen molar-refractivity contribution in [2.75, 3.05) is 25.4 Å². The zero-order valence-electron chi connectivity index (χ0n) is 12.2. The van der Waals surface area contributed by atoms with E-state index in [1.165, 1.54) is 0 Å². The van der Waals surface area contributed by atoms with Crippen LogP contribution in [0.3, 0.4) is 0 Å². The van der Waals surface area contributed by atoms with Gasteiger partial charge in [-0.2, -0.15) is 0 Å². The van der Waals surface area contributed by atoms with Gasteiger partial charge in [-0.15, -0.1) is 24.2 Å². The summed E-state index contributed by atoms with van der Waals surface area (Å²) in [6.45, 7) is 4.92. The molecule has 1 fully saturated rings. The third-order valence-electron chi connectivity index (χ3n) is 3.44. The molecule has 1 aliphatic rings. The summed E-state index contributed by atoms with van der Waals surface area (Å²) in [5.41, 5.74) is 0. The molecule has 0 aromatic heterocycles. The van der Waals surface area contributed by atoms with E-state index in [1.807, 2.05) is 29.2 Å². The number of hydrogen-bond acceptors (Lipinski definition) is 3.